The van der Waals surface area contributed by atoms with Crippen LogP contribution in [-0.2, 0) is 13.1 Å². The number of nitrogens with zero attached hydrogens (tertiary/aromatic N) is 3. The lowest BCUT2D eigenvalue weighted by atomic mass is 10.3. The molecular weight excluding hydrogens is 210 g/mol. The van der Waals surface area contributed by atoms with E-state index in [1.165, 1.54) is 0 Å². The molecule has 0 saturated carbocycles. The molecule has 0 spiro atoms. The Bertz CT molecular complexity index is 410. The Balaban J connectivity index is 1.90. The van der Waals surface area contributed by atoms with Gasteiger partial charge in [0, 0.05) is 24.5 Å². The van der Waals surface area contributed by atoms with Gasteiger partial charge >= 0.3 is 0 Å². The monoisotopic (exact) mass is 223 g/mol. The third-order valence-corrected chi connectivity index (χ3v) is 2.66. The molecule has 0 fully saturated rings. The van der Waals surface area contributed by atoms with Gasteiger partial charge < -0.3 is 4.52 Å². The molecular formula is C10H13N3OS. The molecule has 0 bridgehead atoms. The van der Waals surface area contributed by atoms with Crippen molar-refractivity contribution in [3.63, 3.8) is 0 Å². The second kappa shape index (κ2) is 4.55. The molecule has 0 amide bonds. The number of rotatable bonds is 4. The first-order valence-corrected chi connectivity index (χ1v) is 5.66. The van der Waals surface area contributed by atoms with Crippen LogP contribution < -0.4 is 0 Å². The van der Waals surface area contributed by atoms with Crippen molar-refractivity contribution in [2.45, 2.75) is 20.0 Å². The van der Waals surface area contributed by atoms with Crippen molar-refractivity contribution >= 4 is 11.3 Å². The van der Waals surface area contributed by atoms with E-state index in [1.54, 1.807) is 11.3 Å². The summed E-state index contributed by atoms with van der Waals surface area (Å²) in [5.41, 5.74) is 3.91. The minimum Gasteiger partial charge on any atom is -0.361 e. The van der Waals surface area contributed by atoms with Gasteiger partial charge in [0.1, 0.15) is 5.76 Å². The first-order valence-electron chi connectivity index (χ1n) is 4.72. The lowest BCUT2D eigenvalue weighted by Gasteiger charge is -2.12. The largest absolute Gasteiger partial charge is 0.361 e. The quantitative estimate of drug-likeness (QED) is 0.795. The predicted octanol–water partition coefficient (Wildman–Crippen LogP) is 2.07. The van der Waals surface area contributed by atoms with Gasteiger partial charge in [-0.25, -0.2) is 4.98 Å². The maximum Gasteiger partial charge on any atom is 0.133 e. The van der Waals surface area contributed by atoms with Crippen LogP contribution in [0.2, 0.25) is 0 Å². The van der Waals surface area contributed by atoms with E-state index in [-0.39, 0.29) is 0 Å². The van der Waals surface area contributed by atoms with E-state index < -0.39 is 0 Å². The Morgan fingerprint density at radius 2 is 2.20 bits per heavy atom. The van der Waals surface area contributed by atoms with Crippen LogP contribution in [0.15, 0.2) is 21.5 Å². The zero-order valence-corrected chi connectivity index (χ0v) is 9.62. The summed E-state index contributed by atoms with van der Waals surface area (Å²) in [4.78, 5) is 6.40. The molecule has 80 valence electrons. The highest BCUT2D eigenvalue weighted by molar-refractivity contribution is 7.07. The van der Waals surface area contributed by atoms with Crippen molar-refractivity contribution in [1.82, 2.24) is 15.0 Å². The molecule has 0 aliphatic carbocycles. The molecule has 15 heavy (non-hydrogen) atoms. The molecule has 0 unspecified atom stereocenters. The highest BCUT2D eigenvalue weighted by Crippen LogP contribution is 2.08. The predicted molar refractivity (Wildman–Crippen MR) is 58.5 cm³/mol. The molecule has 0 saturated heterocycles. The zero-order chi connectivity index (χ0) is 10.7. The van der Waals surface area contributed by atoms with Gasteiger partial charge in [-0.15, -0.1) is 11.3 Å². The average molecular weight is 223 g/mol. The second-order valence-electron chi connectivity index (χ2n) is 3.58. The molecule has 0 atom stereocenters. The van der Waals surface area contributed by atoms with E-state index >= 15 is 0 Å². The summed E-state index contributed by atoms with van der Waals surface area (Å²) in [7, 11) is 2.04. The number of hydrogen-bond acceptors (Lipinski definition) is 5. The van der Waals surface area contributed by atoms with Gasteiger partial charge in [0.25, 0.3) is 0 Å². The molecule has 0 radical (unpaired) electrons. The maximum atomic E-state index is 5.01. The Morgan fingerprint density at radius 3 is 2.80 bits per heavy atom. The fraction of sp³-hybridized carbons (Fsp3) is 0.400. The molecule has 0 N–H and O–H groups in total. The Hall–Kier alpha value is -1.20. The lowest BCUT2D eigenvalue weighted by molar-refractivity contribution is 0.299. The Kier molecular flexibility index (Phi) is 3.13. The summed E-state index contributed by atoms with van der Waals surface area (Å²) in [5.74, 6) is 0.854. The molecule has 5 heteroatoms. The van der Waals surface area contributed by atoms with E-state index in [9.17, 15) is 0 Å². The number of hydrogen-bond donors (Lipinski definition) is 0. The zero-order valence-electron chi connectivity index (χ0n) is 8.80. The minimum atomic E-state index is 0.787. The van der Waals surface area contributed by atoms with Crippen LogP contribution >= 0.6 is 11.3 Å². The van der Waals surface area contributed by atoms with Crippen LogP contribution in [0.5, 0.6) is 0 Å². The van der Waals surface area contributed by atoms with Gasteiger partial charge in [0.15, 0.2) is 0 Å². The van der Waals surface area contributed by atoms with E-state index in [2.05, 4.69) is 20.4 Å². The minimum absolute atomic E-state index is 0.787. The van der Waals surface area contributed by atoms with Crippen LogP contribution in [0.25, 0.3) is 0 Å². The van der Waals surface area contributed by atoms with Gasteiger partial charge in [-0.3, -0.25) is 4.90 Å². The number of aryl methyl sites for hydroxylation is 1. The molecule has 2 heterocycles. The summed E-state index contributed by atoms with van der Waals surface area (Å²) < 4.78 is 5.01. The van der Waals surface area contributed by atoms with Gasteiger partial charge in [-0.1, -0.05) is 5.16 Å². The average Bonchev–Trinajstić information content (AvgIpc) is 2.77. The lowest BCUT2D eigenvalue weighted by Crippen LogP contribution is -2.17. The summed E-state index contributed by atoms with van der Waals surface area (Å²) >= 11 is 1.62. The standard InChI is InChI=1S/C10H13N3OS/c1-8-3-9(12-14-8)4-13(2)5-10-6-15-7-11-10/h3,6-7H,4-5H2,1-2H3. The van der Waals surface area contributed by atoms with Crippen molar-refractivity contribution in [2.24, 2.45) is 0 Å². The van der Waals surface area contributed by atoms with Gasteiger partial charge in [-0.05, 0) is 14.0 Å². The normalized spacial score (nSPS) is 11.1. The topological polar surface area (TPSA) is 42.2 Å². The van der Waals surface area contributed by atoms with E-state index in [0.29, 0.717) is 0 Å². The van der Waals surface area contributed by atoms with Gasteiger partial charge in [0.2, 0.25) is 0 Å². The summed E-state index contributed by atoms with van der Waals surface area (Å²) in [6.45, 7) is 3.53. The number of thiazole rings is 1. The van der Waals surface area contributed by atoms with Crippen LogP contribution in [0, 0.1) is 6.92 Å². The van der Waals surface area contributed by atoms with E-state index in [0.717, 1.165) is 30.2 Å². The second-order valence-corrected chi connectivity index (χ2v) is 4.30. The SMILES string of the molecule is Cc1cc(CN(C)Cc2cscn2)no1. The first kappa shape index (κ1) is 10.3. The highest BCUT2D eigenvalue weighted by atomic mass is 32.1. The first-order chi connectivity index (χ1) is 7.24. The summed E-state index contributed by atoms with van der Waals surface area (Å²) in [5, 5.41) is 6.01. The van der Waals surface area contributed by atoms with Crippen LogP contribution in [0.4, 0.5) is 0 Å². The third-order valence-electron chi connectivity index (χ3n) is 2.02. The van der Waals surface area contributed by atoms with E-state index in [1.807, 2.05) is 25.5 Å². The molecule has 0 aliphatic rings. The maximum absolute atomic E-state index is 5.01. The summed E-state index contributed by atoms with van der Waals surface area (Å²) in [6, 6.07) is 1.96. The van der Waals surface area contributed by atoms with Crippen molar-refractivity contribution in [1.29, 1.82) is 0 Å². The smallest absolute Gasteiger partial charge is 0.133 e. The molecule has 4 nitrogen and oxygen atoms in total. The van der Waals surface area contributed by atoms with E-state index in [4.69, 9.17) is 4.52 Å². The van der Waals surface area contributed by atoms with Crippen molar-refractivity contribution < 1.29 is 4.52 Å². The highest BCUT2D eigenvalue weighted by Gasteiger charge is 2.06. The summed E-state index contributed by atoms with van der Waals surface area (Å²) in [6.07, 6.45) is 0. The van der Waals surface area contributed by atoms with Crippen LogP contribution in [-0.4, -0.2) is 22.1 Å². The van der Waals surface area contributed by atoms with Crippen LogP contribution in [0.1, 0.15) is 17.1 Å². The molecule has 2 aromatic rings. The molecule has 2 aromatic heterocycles. The number of aromatic nitrogens is 2. The van der Waals surface area contributed by atoms with Crippen molar-refractivity contribution in [2.75, 3.05) is 7.05 Å². The molecule has 2 rings (SSSR count). The van der Waals surface area contributed by atoms with Crippen molar-refractivity contribution in [3.8, 4) is 0 Å². The van der Waals surface area contributed by atoms with Crippen molar-refractivity contribution in [3.05, 3.63) is 34.1 Å². The third kappa shape index (κ3) is 2.87. The molecule has 0 aromatic carbocycles. The van der Waals surface area contributed by atoms with Crippen LogP contribution in [0.3, 0.4) is 0 Å². The Morgan fingerprint density at radius 1 is 1.40 bits per heavy atom. The Labute approximate surface area is 92.5 Å². The fourth-order valence-corrected chi connectivity index (χ4v) is 1.97. The van der Waals surface area contributed by atoms with Gasteiger partial charge in [-0.2, -0.15) is 0 Å². The van der Waals surface area contributed by atoms with Gasteiger partial charge in [0.05, 0.1) is 16.9 Å². The fourth-order valence-electron chi connectivity index (χ4n) is 1.42. The molecule has 0 aliphatic heterocycles.